The molecule has 10 nitrogen and oxygen atoms in total. The molecule has 0 unspecified atom stereocenters. The SMILES string of the molecule is COc1ccc(N(C(=O)Oc2ccnc(Nc3ccc(OC4CCN(C)CC4)cc3)n2)c2c(C)cccc2C)c(OC)c1. The molecule has 1 N–H and O–H groups in total. The number of carbonyl (C=O) groups is 1. The van der Waals surface area contributed by atoms with E-state index in [4.69, 9.17) is 18.9 Å². The van der Waals surface area contributed by atoms with Crippen LogP contribution in [0.25, 0.3) is 0 Å². The number of nitrogens with one attached hydrogen (secondary N) is 1. The van der Waals surface area contributed by atoms with Crippen LogP contribution in [0, 0.1) is 13.8 Å². The van der Waals surface area contributed by atoms with Crippen LogP contribution >= 0.6 is 0 Å². The van der Waals surface area contributed by atoms with Gasteiger partial charge in [0.05, 0.1) is 25.6 Å². The van der Waals surface area contributed by atoms with Crippen molar-refractivity contribution in [1.29, 1.82) is 0 Å². The summed E-state index contributed by atoms with van der Waals surface area (Å²) in [5.74, 6) is 2.25. The second-order valence-corrected chi connectivity index (χ2v) is 10.5. The number of piperidine rings is 1. The fourth-order valence-corrected chi connectivity index (χ4v) is 5.07. The van der Waals surface area contributed by atoms with Crippen LogP contribution in [0.3, 0.4) is 0 Å². The summed E-state index contributed by atoms with van der Waals surface area (Å²) in [6.45, 7) is 5.96. The molecule has 224 valence electrons. The summed E-state index contributed by atoms with van der Waals surface area (Å²) in [7, 11) is 5.25. The largest absolute Gasteiger partial charge is 0.497 e. The summed E-state index contributed by atoms with van der Waals surface area (Å²) in [5, 5.41) is 3.17. The molecule has 0 spiro atoms. The number of hydrogen-bond donors (Lipinski definition) is 1. The molecule has 5 rings (SSSR count). The molecule has 2 heterocycles. The van der Waals surface area contributed by atoms with Crippen LogP contribution in [-0.4, -0.2) is 61.4 Å². The number of rotatable bonds is 9. The molecule has 0 atom stereocenters. The molecule has 1 aliphatic rings. The molecule has 10 heteroatoms. The molecule has 43 heavy (non-hydrogen) atoms. The van der Waals surface area contributed by atoms with Crippen molar-refractivity contribution in [3.63, 3.8) is 0 Å². The average Bonchev–Trinajstić information content (AvgIpc) is 3.01. The average molecular weight is 584 g/mol. The number of anilines is 4. The van der Waals surface area contributed by atoms with E-state index in [0.29, 0.717) is 22.9 Å². The normalized spacial score (nSPS) is 13.7. The Morgan fingerprint density at radius 1 is 0.930 bits per heavy atom. The maximum atomic E-state index is 13.8. The number of likely N-dealkylation sites (tertiary alicyclic amines) is 1. The number of benzene rings is 3. The molecule has 1 fully saturated rings. The Morgan fingerprint density at radius 2 is 1.63 bits per heavy atom. The quantitative estimate of drug-likeness (QED) is 0.232. The number of nitrogens with zero attached hydrogens (tertiary/aromatic N) is 4. The minimum absolute atomic E-state index is 0.0911. The van der Waals surface area contributed by atoms with Gasteiger partial charge in [0.25, 0.3) is 0 Å². The molecule has 1 aromatic heterocycles. The molecule has 1 aliphatic heterocycles. The standard InChI is InChI=1S/C33H37N5O5/c1-22-7-6-8-23(2)31(22)38(28-14-13-27(40-4)21-29(28)41-5)33(39)43-30-15-18-34-32(36-30)35-24-9-11-25(12-10-24)42-26-16-19-37(3)20-17-26/h6-15,18,21,26H,16-17,19-20H2,1-5H3,(H,34,35,36). The zero-order chi connectivity index (χ0) is 30.3. The first-order chi connectivity index (χ1) is 20.8. The smallest absolute Gasteiger partial charge is 0.425 e. The maximum absolute atomic E-state index is 13.8. The first-order valence-electron chi connectivity index (χ1n) is 14.2. The van der Waals surface area contributed by atoms with Gasteiger partial charge < -0.3 is 29.2 Å². The van der Waals surface area contributed by atoms with E-state index < -0.39 is 6.09 Å². The fourth-order valence-electron chi connectivity index (χ4n) is 5.07. The van der Waals surface area contributed by atoms with Crippen LogP contribution in [0.2, 0.25) is 0 Å². The number of methoxy groups -OCH3 is 2. The summed E-state index contributed by atoms with van der Waals surface area (Å²) in [4.78, 5) is 26.4. The van der Waals surface area contributed by atoms with Crippen molar-refractivity contribution in [3.05, 3.63) is 84.1 Å². The zero-order valence-corrected chi connectivity index (χ0v) is 25.2. The third-order valence-corrected chi connectivity index (χ3v) is 7.37. The molecule has 3 aromatic carbocycles. The monoisotopic (exact) mass is 583 g/mol. The Labute approximate surface area is 252 Å². The highest BCUT2D eigenvalue weighted by atomic mass is 16.6. The Bertz CT molecular complexity index is 1530. The van der Waals surface area contributed by atoms with Crippen molar-refractivity contribution in [3.8, 4) is 23.1 Å². The van der Waals surface area contributed by atoms with E-state index in [-0.39, 0.29) is 17.9 Å². The van der Waals surface area contributed by atoms with E-state index in [1.807, 2.05) is 56.3 Å². The van der Waals surface area contributed by atoms with E-state index in [9.17, 15) is 4.79 Å². The number of aromatic nitrogens is 2. The number of carbonyl (C=O) groups excluding carboxylic acids is 1. The van der Waals surface area contributed by atoms with Crippen molar-refractivity contribution in [2.75, 3.05) is 44.6 Å². The topological polar surface area (TPSA) is 98.3 Å². The van der Waals surface area contributed by atoms with E-state index in [1.165, 1.54) is 17.2 Å². The Kier molecular flexibility index (Phi) is 9.26. The van der Waals surface area contributed by atoms with E-state index >= 15 is 0 Å². The van der Waals surface area contributed by atoms with Crippen molar-refractivity contribution in [2.24, 2.45) is 0 Å². The van der Waals surface area contributed by atoms with Crippen LogP contribution in [-0.2, 0) is 0 Å². The number of amides is 1. The van der Waals surface area contributed by atoms with Gasteiger partial charge in [-0.05, 0) is 81.3 Å². The van der Waals surface area contributed by atoms with Crippen molar-refractivity contribution >= 4 is 29.1 Å². The van der Waals surface area contributed by atoms with Gasteiger partial charge in [-0.1, -0.05) is 18.2 Å². The van der Waals surface area contributed by atoms with Gasteiger partial charge >= 0.3 is 6.09 Å². The van der Waals surface area contributed by atoms with E-state index in [0.717, 1.165) is 48.5 Å². The van der Waals surface area contributed by atoms with Crippen LogP contribution in [0.15, 0.2) is 72.9 Å². The minimum Gasteiger partial charge on any atom is -0.497 e. The molecule has 0 bridgehead atoms. The first-order valence-corrected chi connectivity index (χ1v) is 14.2. The summed E-state index contributed by atoms with van der Waals surface area (Å²) in [5.41, 5.74) is 3.75. The van der Waals surface area contributed by atoms with Crippen molar-refractivity contribution in [1.82, 2.24) is 14.9 Å². The molecule has 1 amide bonds. The molecular formula is C33H37N5O5. The number of para-hydroxylation sites is 1. The van der Waals surface area contributed by atoms with E-state index in [1.54, 1.807) is 32.4 Å². The number of aryl methyl sites for hydroxylation is 2. The van der Waals surface area contributed by atoms with Gasteiger partial charge in [-0.15, -0.1) is 0 Å². The fraction of sp³-hybridized carbons (Fsp3) is 0.303. The van der Waals surface area contributed by atoms with Gasteiger partial charge in [0.1, 0.15) is 23.4 Å². The molecule has 0 saturated carbocycles. The zero-order valence-electron chi connectivity index (χ0n) is 25.2. The van der Waals surface area contributed by atoms with Crippen LogP contribution in [0.1, 0.15) is 24.0 Å². The lowest BCUT2D eigenvalue weighted by atomic mass is 10.1. The number of hydrogen-bond acceptors (Lipinski definition) is 9. The van der Waals surface area contributed by atoms with Crippen LogP contribution in [0.5, 0.6) is 23.1 Å². The molecule has 4 aromatic rings. The van der Waals surface area contributed by atoms with Gasteiger partial charge in [-0.3, -0.25) is 0 Å². The third kappa shape index (κ3) is 7.15. The van der Waals surface area contributed by atoms with Crippen LogP contribution in [0.4, 0.5) is 27.8 Å². The summed E-state index contributed by atoms with van der Waals surface area (Å²) >= 11 is 0. The second kappa shape index (κ2) is 13.4. The lowest BCUT2D eigenvalue weighted by molar-refractivity contribution is 0.114. The maximum Gasteiger partial charge on any atom is 0.425 e. The van der Waals surface area contributed by atoms with Gasteiger partial charge in [0.2, 0.25) is 11.8 Å². The lowest BCUT2D eigenvalue weighted by Crippen LogP contribution is -2.35. The lowest BCUT2D eigenvalue weighted by Gasteiger charge is -2.29. The van der Waals surface area contributed by atoms with Crippen molar-refractivity contribution < 1.29 is 23.7 Å². The highest BCUT2D eigenvalue weighted by molar-refractivity contribution is 6.00. The Balaban J connectivity index is 1.34. The van der Waals surface area contributed by atoms with Crippen molar-refractivity contribution in [2.45, 2.75) is 32.8 Å². The van der Waals surface area contributed by atoms with Gasteiger partial charge in [0, 0.05) is 37.1 Å². The molecular weight excluding hydrogens is 546 g/mol. The van der Waals surface area contributed by atoms with Gasteiger partial charge in [-0.2, -0.15) is 4.98 Å². The molecule has 0 radical (unpaired) electrons. The highest BCUT2D eigenvalue weighted by Crippen LogP contribution is 2.39. The molecule has 0 aliphatic carbocycles. The van der Waals surface area contributed by atoms with Gasteiger partial charge in [0.15, 0.2) is 0 Å². The minimum atomic E-state index is -0.652. The first kappa shape index (κ1) is 29.7. The number of ether oxygens (including phenoxy) is 4. The third-order valence-electron chi connectivity index (χ3n) is 7.37. The van der Waals surface area contributed by atoms with Gasteiger partial charge in [-0.25, -0.2) is 14.7 Å². The predicted octanol–water partition coefficient (Wildman–Crippen LogP) is 6.66. The summed E-state index contributed by atoms with van der Waals surface area (Å²) in [6.07, 6.45) is 3.14. The van der Waals surface area contributed by atoms with Crippen LogP contribution < -0.4 is 29.2 Å². The van der Waals surface area contributed by atoms with E-state index in [2.05, 4.69) is 27.2 Å². The summed E-state index contributed by atoms with van der Waals surface area (Å²) in [6, 6.07) is 20.3. The highest BCUT2D eigenvalue weighted by Gasteiger charge is 2.27. The molecule has 1 saturated heterocycles. The summed E-state index contributed by atoms with van der Waals surface area (Å²) < 4.78 is 23.0. The second-order valence-electron chi connectivity index (χ2n) is 10.5. The Hall–Kier alpha value is -4.83. The predicted molar refractivity (Wildman–Crippen MR) is 167 cm³/mol. The Morgan fingerprint density at radius 3 is 2.30 bits per heavy atom.